The zero-order valence-corrected chi connectivity index (χ0v) is 20.9. The lowest BCUT2D eigenvalue weighted by Crippen LogP contribution is -2.49. The summed E-state index contributed by atoms with van der Waals surface area (Å²) in [6.45, 7) is -1.91. The highest BCUT2D eigenvalue weighted by atomic mass is 32.2. The van der Waals surface area contributed by atoms with Crippen molar-refractivity contribution in [3.8, 4) is 0 Å². The third-order valence-electron chi connectivity index (χ3n) is 5.52. The van der Waals surface area contributed by atoms with Crippen molar-refractivity contribution < 1.29 is 49.0 Å². The normalized spacial score (nSPS) is 15.9. The second kappa shape index (κ2) is 12.3. The second-order valence-electron chi connectivity index (χ2n) is 8.22. The Bertz CT molecular complexity index is 1250. The molecule has 0 unspecified atom stereocenters. The number of thioether (sulfide) groups is 1. The molecule has 2 amide bonds. The number of hydrogen-bond acceptors (Lipinski definition) is 8. The van der Waals surface area contributed by atoms with Crippen LogP contribution in [0.3, 0.4) is 0 Å². The van der Waals surface area contributed by atoms with Gasteiger partial charge < -0.3 is 10.6 Å². The lowest BCUT2D eigenvalue weighted by molar-refractivity contribution is -0.121. The third kappa shape index (κ3) is 8.07. The van der Waals surface area contributed by atoms with Gasteiger partial charge in [-0.25, -0.2) is 22.2 Å². The summed E-state index contributed by atoms with van der Waals surface area (Å²) in [6, 6.07) is 1.01. The van der Waals surface area contributed by atoms with Gasteiger partial charge in [0.15, 0.2) is 5.03 Å². The molecule has 1 fully saturated rings. The van der Waals surface area contributed by atoms with Crippen LogP contribution in [0.1, 0.15) is 42.6 Å². The molecule has 1 aliphatic rings. The summed E-state index contributed by atoms with van der Waals surface area (Å²) in [4.78, 5) is 24.8. The van der Waals surface area contributed by atoms with Crippen molar-refractivity contribution in [2.75, 3.05) is 11.9 Å². The average molecular weight is 590 g/mol. The Morgan fingerprint density at radius 3 is 2.42 bits per heavy atom. The maximum absolute atomic E-state index is 14.5. The van der Waals surface area contributed by atoms with E-state index in [0.29, 0.717) is 25.0 Å². The van der Waals surface area contributed by atoms with E-state index in [0.717, 1.165) is 25.3 Å². The van der Waals surface area contributed by atoms with Gasteiger partial charge in [-0.05, 0) is 59.0 Å². The maximum Gasteiger partial charge on any atom is 0.402 e. The number of nitrogens with one attached hydrogen (secondary N) is 3. The van der Waals surface area contributed by atoms with Crippen LogP contribution in [0.15, 0.2) is 32.7 Å². The van der Waals surface area contributed by atoms with Crippen molar-refractivity contribution in [1.29, 1.82) is 0 Å². The van der Waals surface area contributed by atoms with Crippen LogP contribution in [0.25, 0.3) is 0 Å². The molecule has 10 nitrogen and oxygen atoms in total. The number of halogens is 6. The van der Waals surface area contributed by atoms with Gasteiger partial charge in [-0.15, -0.1) is 0 Å². The highest BCUT2D eigenvalue weighted by Crippen LogP contribution is 2.29. The Morgan fingerprint density at radius 1 is 1.13 bits per heavy atom. The molecule has 3 N–H and O–H groups in total. The van der Waals surface area contributed by atoms with Crippen LogP contribution >= 0.6 is 11.8 Å². The number of hydrogen-bond donors (Lipinski definition) is 3. The van der Waals surface area contributed by atoms with Gasteiger partial charge in [-0.2, -0.15) is 22.0 Å². The molecule has 1 saturated carbocycles. The molecule has 0 bridgehead atoms. The Hall–Kier alpha value is -2.86. The predicted molar refractivity (Wildman–Crippen MR) is 120 cm³/mol. The van der Waals surface area contributed by atoms with Crippen LogP contribution in [-0.2, 0) is 14.8 Å². The molecule has 0 aliphatic heterocycles. The molecule has 1 aliphatic carbocycles. The molecule has 18 heteroatoms. The quantitative estimate of drug-likeness (QED) is 0.281. The van der Waals surface area contributed by atoms with Crippen LogP contribution in [0, 0.1) is 11.7 Å². The largest absolute Gasteiger partial charge is 0.402 e. The predicted octanol–water partition coefficient (Wildman–Crippen LogP) is 3.68. The second-order valence-corrected chi connectivity index (χ2v) is 10.9. The van der Waals surface area contributed by atoms with E-state index in [1.165, 1.54) is 4.72 Å². The number of carbonyl (C=O) groups is 2. The van der Waals surface area contributed by atoms with Crippen LogP contribution in [0.2, 0.25) is 0 Å². The zero-order valence-electron chi connectivity index (χ0n) is 19.2. The van der Waals surface area contributed by atoms with Crippen molar-refractivity contribution >= 4 is 39.3 Å². The minimum Gasteiger partial charge on any atom is -0.338 e. The monoisotopic (exact) mass is 589 g/mol. The van der Waals surface area contributed by atoms with Crippen molar-refractivity contribution in [3.05, 3.63) is 29.7 Å². The Morgan fingerprint density at radius 2 is 1.82 bits per heavy atom. The first-order valence-corrected chi connectivity index (χ1v) is 13.4. The van der Waals surface area contributed by atoms with Crippen LogP contribution < -0.4 is 15.4 Å². The van der Waals surface area contributed by atoms with E-state index in [9.17, 15) is 44.3 Å². The SMILES string of the molecule is O=C(N[C@H](C(=O)Nc1ccc(S(=O)(=O)NCC(F)(F)F)c(F)c1)C1CCCCC1)c1nonc1SC(F)F. The summed E-state index contributed by atoms with van der Waals surface area (Å²) in [7, 11) is -4.85. The van der Waals surface area contributed by atoms with Gasteiger partial charge in [0.05, 0.1) is 0 Å². The Kier molecular flexibility index (Phi) is 9.64. The van der Waals surface area contributed by atoms with Gasteiger partial charge in [0.2, 0.25) is 21.6 Å². The van der Waals surface area contributed by atoms with Crippen molar-refractivity contribution in [2.24, 2.45) is 5.92 Å². The number of anilines is 1. The molecule has 0 radical (unpaired) electrons. The number of rotatable bonds is 10. The summed E-state index contributed by atoms with van der Waals surface area (Å²) in [5, 5.41) is 10.8. The summed E-state index contributed by atoms with van der Waals surface area (Å²) >= 11 is -0.0770. The van der Waals surface area contributed by atoms with E-state index in [2.05, 4.69) is 25.6 Å². The standard InChI is InChI=1S/C20H21F6N5O5S2/c21-12-8-11(6-7-13(12)38(34,35)27-9-20(24,25)26)28-16(32)14(10-4-2-1-3-5-10)29-17(33)15-18(31-36-30-15)37-19(22)23/h6-8,10,14,19,27H,1-5,9H2,(H,28,32)(H,29,33)/t14-/m0/s1. The van der Waals surface area contributed by atoms with E-state index in [1.807, 2.05) is 0 Å². The number of sulfonamides is 1. The van der Waals surface area contributed by atoms with Gasteiger partial charge in [-0.1, -0.05) is 19.3 Å². The lowest BCUT2D eigenvalue weighted by Gasteiger charge is -2.29. The first kappa shape index (κ1) is 29.7. The fourth-order valence-corrected chi connectivity index (χ4v) is 5.39. The maximum atomic E-state index is 14.5. The van der Waals surface area contributed by atoms with Crippen LogP contribution in [0.5, 0.6) is 0 Å². The van der Waals surface area contributed by atoms with E-state index in [4.69, 9.17) is 0 Å². The topological polar surface area (TPSA) is 143 Å². The number of nitrogens with zero attached hydrogens (tertiary/aromatic N) is 2. The molecule has 1 atom stereocenters. The number of benzene rings is 1. The van der Waals surface area contributed by atoms with E-state index in [1.54, 1.807) is 0 Å². The summed E-state index contributed by atoms with van der Waals surface area (Å²) in [5.74, 6) is -6.57. The molecule has 1 heterocycles. The minimum absolute atomic E-state index is 0.0770. The van der Waals surface area contributed by atoms with Gasteiger partial charge in [-0.3, -0.25) is 9.59 Å². The van der Waals surface area contributed by atoms with Crippen molar-refractivity contribution in [1.82, 2.24) is 20.4 Å². The molecule has 38 heavy (non-hydrogen) atoms. The van der Waals surface area contributed by atoms with Gasteiger partial charge in [0, 0.05) is 5.69 Å². The number of amides is 2. The number of alkyl halides is 5. The molecule has 3 rings (SSSR count). The zero-order chi connectivity index (χ0) is 28.1. The lowest BCUT2D eigenvalue weighted by atomic mass is 9.83. The summed E-state index contributed by atoms with van der Waals surface area (Å²) in [6.07, 6.45) is -1.42. The Balaban J connectivity index is 1.78. The first-order chi connectivity index (χ1) is 17.8. The number of carbonyl (C=O) groups excluding carboxylic acids is 2. The van der Waals surface area contributed by atoms with E-state index >= 15 is 0 Å². The summed E-state index contributed by atoms with van der Waals surface area (Å²) in [5.41, 5.74) is -0.801. The minimum atomic E-state index is -4.86. The van der Waals surface area contributed by atoms with Crippen LogP contribution in [0.4, 0.5) is 32.0 Å². The highest BCUT2D eigenvalue weighted by Gasteiger charge is 2.34. The van der Waals surface area contributed by atoms with E-state index < -0.39 is 67.8 Å². The van der Waals surface area contributed by atoms with E-state index in [-0.39, 0.29) is 23.4 Å². The van der Waals surface area contributed by atoms with Crippen LogP contribution in [-0.4, -0.2) is 55.1 Å². The smallest absolute Gasteiger partial charge is 0.338 e. The van der Waals surface area contributed by atoms with Crippen molar-refractivity contribution in [3.63, 3.8) is 0 Å². The molecule has 1 aromatic carbocycles. The van der Waals surface area contributed by atoms with Gasteiger partial charge >= 0.3 is 6.18 Å². The summed E-state index contributed by atoms with van der Waals surface area (Å²) < 4.78 is 107. The number of aromatic nitrogens is 2. The molecule has 0 saturated heterocycles. The van der Waals surface area contributed by atoms with Gasteiger partial charge in [0.25, 0.3) is 11.7 Å². The molecule has 210 valence electrons. The highest BCUT2D eigenvalue weighted by molar-refractivity contribution is 7.99. The van der Waals surface area contributed by atoms with Gasteiger partial charge in [0.1, 0.15) is 23.3 Å². The fourth-order valence-electron chi connectivity index (χ4n) is 3.83. The Labute approximate surface area is 216 Å². The first-order valence-electron chi connectivity index (χ1n) is 11.0. The molecular formula is C20H21F6N5O5S2. The third-order valence-corrected chi connectivity index (χ3v) is 7.62. The molecule has 1 aromatic heterocycles. The molecule has 0 spiro atoms. The molecule has 2 aromatic rings. The fraction of sp³-hybridized carbons (Fsp3) is 0.500. The molecular weight excluding hydrogens is 568 g/mol. The average Bonchev–Trinajstić information content (AvgIpc) is 3.28. The van der Waals surface area contributed by atoms with Crippen molar-refractivity contribution in [2.45, 2.75) is 60.0 Å².